The summed E-state index contributed by atoms with van der Waals surface area (Å²) in [6.45, 7) is 6.09. The summed E-state index contributed by atoms with van der Waals surface area (Å²) < 4.78 is 7.18. The molecule has 2 aromatic rings. The minimum atomic E-state index is -0.150. The fraction of sp³-hybridized carbons (Fsp3) is 0.294. The van der Waals surface area contributed by atoms with Crippen LogP contribution in [0.5, 0.6) is 5.75 Å². The summed E-state index contributed by atoms with van der Waals surface area (Å²) in [6.07, 6.45) is -0.150. The van der Waals surface area contributed by atoms with Gasteiger partial charge in [0, 0.05) is 10.5 Å². The third kappa shape index (κ3) is 3.62. The van der Waals surface area contributed by atoms with Gasteiger partial charge in [-0.1, -0.05) is 51.8 Å². The molecule has 0 bridgehead atoms. The molecule has 2 rings (SSSR count). The predicted octanol–water partition coefficient (Wildman–Crippen LogP) is 4.53. The van der Waals surface area contributed by atoms with Crippen LogP contribution in [0.3, 0.4) is 0 Å². The van der Waals surface area contributed by atoms with Crippen molar-refractivity contribution in [1.82, 2.24) is 0 Å². The van der Waals surface area contributed by atoms with E-state index in [1.807, 2.05) is 38.1 Å². The zero-order valence-electron chi connectivity index (χ0n) is 12.1. The molecule has 0 aromatic heterocycles. The molecule has 0 spiro atoms. The Morgan fingerprint density at radius 2 is 1.85 bits per heavy atom. The molecule has 2 unspecified atom stereocenters. The highest BCUT2D eigenvalue weighted by atomic mass is 79.9. The number of nitrogens with two attached hydrogens (primary N) is 1. The Bertz CT molecular complexity index is 595. The van der Waals surface area contributed by atoms with Crippen LogP contribution in [0.25, 0.3) is 0 Å². The molecule has 2 aromatic carbocycles. The van der Waals surface area contributed by atoms with Gasteiger partial charge >= 0.3 is 0 Å². The normalized spacial score (nSPS) is 13.8. The zero-order valence-corrected chi connectivity index (χ0v) is 13.6. The first-order chi connectivity index (χ1) is 9.47. The number of halogens is 1. The van der Waals surface area contributed by atoms with Crippen LogP contribution in [-0.4, -0.2) is 6.04 Å². The van der Waals surface area contributed by atoms with Crippen LogP contribution in [0.1, 0.15) is 29.7 Å². The maximum absolute atomic E-state index is 6.17. The van der Waals surface area contributed by atoms with Crippen molar-refractivity contribution in [2.45, 2.75) is 32.9 Å². The summed E-state index contributed by atoms with van der Waals surface area (Å²) in [5.74, 6) is 0.864. The maximum atomic E-state index is 6.17. The van der Waals surface area contributed by atoms with Crippen molar-refractivity contribution in [3.63, 3.8) is 0 Å². The number of hydrogen-bond acceptors (Lipinski definition) is 2. The largest absolute Gasteiger partial charge is 0.484 e. The van der Waals surface area contributed by atoms with E-state index in [-0.39, 0.29) is 12.1 Å². The minimum Gasteiger partial charge on any atom is -0.484 e. The molecule has 0 aliphatic rings. The Morgan fingerprint density at radius 1 is 1.10 bits per heavy atom. The van der Waals surface area contributed by atoms with Crippen LogP contribution in [0.2, 0.25) is 0 Å². The summed E-state index contributed by atoms with van der Waals surface area (Å²) in [7, 11) is 0. The Balaban J connectivity index is 2.33. The first-order valence-electron chi connectivity index (χ1n) is 6.72. The van der Waals surface area contributed by atoms with E-state index < -0.39 is 0 Å². The van der Waals surface area contributed by atoms with Crippen molar-refractivity contribution in [1.29, 1.82) is 0 Å². The monoisotopic (exact) mass is 333 g/mol. The van der Waals surface area contributed by atoms with E-state index in [0.717, 1.165) is 21.3 Å². The molecule has 0 fully saturated rings. The summed E-state index contributed by atoms with van der Waals surface area (Å²) in [4.78, 5) is 0. The van der Waals surface area contributed by atoms with Crippen LogP contribution in [-0.2, 0) is 0 Å². The second-order valence-corrected chi connectivity index (χ2v) is 6.14. The standard InChI is InChI=1S/C17H20BrNO/c1-11-5-4-6-14(9-11)17(13(3)19)20-16-10-15(18)8-7-12(16)2/h4-10,13,17H,19H2,1-3H3. The summed E-state index contributed by atoms with van der Waals surface area (Å²) in [5, 5.41) is 0. The van der Waals surface area contributed by atoms with Gasteiger partial charge in [0.2, 0.25) is 0 Å². The van der Waals surface area contributed by atoms with Crippen LogP contribution >= 0.6 is 15.9 Å². The summed E-state index contributed by atoms with van der Waals surface area (Å²) >= 11 is 3.48. The van der Waals surface area contributed by atoms with Gasteiger partial charge in [-0.2, -0.15) is 0 Å². The van der Waals surface area contributed by atoms with Gasteiger partial charge in [0.25, 0.3) is 0 Å². The Labute approximate surface area is 129 Å². The molecular formula is C17H20BrNO. The quantitative estimate of drug-likeness (QED) is 0.891. The average molecular weight is 334 g/mol. The van der Waals surface area contributed by atoms with E-state index in [2.05, 4.69) is 41.1 Å². The lowest BCUT2D eigenvalue weighted by Crippen LogP contribution is -2.29. The van der Waals surface area contributed by atoms with E-state index in [1.165, 1.54) is 5.56 Å². The highest BCUT2D eigenvalue weighted by Gasteiger charge is 2.19. The van der Waals surface area contributed by atoms with Crippen LogP contribution in [0.15, 0.2) is 46.9 Å². The van der Waals surface area contributed by atoms with Crippen LogP contribution in [0.4, 0.5) is 0 Å². The second kappa shape index (κ2) is 6.42. The van der Waals surface area contributed by atoms with Crippen LogP contribution < -0.4 is 10.5 Å². The fourth-order valence-corrected chi connectivity index (χ4v) is 2.50. The van der Waals surface area contributed by atoms with E-state index in [9.17, 15) is 0 Å². The van der Waals surface area contributed by atoms with Gasteiger partial charge in [-0.3, -0.25) is 0 Å². The van der Waals surface area contributed by atoms with Gasteiger partial charge in [0.1, 0.15) is 11.9 Å². The molecule has 0 radical (unpaired) electrons. The van der Waals surface area contributed by atoms with Gasteiger partial charge in [-0.05, 0) is 44.0 Å². The number of hydrogen-bond donors (Lipinski definition) is 1. The zero-order chi connectivity index (χ0) is 14.7. The van der Waals surface area contributed by atoms with Crippen LogP contribution in [0, 0.1) is 13.8 Å². The predicted molar refractivity (Wildman–Crippen MR) is 87.1 cm³/mol. The number of ether oxygens (including phenoxy) is 1. The minimum absolute atomic E-state index is 0.0878. The van der Waals surface area contributed by atoms with Crippen molar-refractivity contribution in [3.8, 4) is 5.75 Å². The molecule has 0 amide bonds. The van der Waals surface area contributed by atoms with Gasteiger partial charge < -0.3 is 10.5 Å². The first kappa shape index (κ1) is 15.1. The number of aryl methyl sites for hydroxylation is 2. The van der Waals surface area contributed by atoms with Gasteiger partial charge in [-0.15, -0.1) is 0 Å². The molecule has 2 atom stereocenters. The molecule has 0 aliphatic carbocycles. The van der Waals surface area contributed by atoms with E-state index in [0.29, 0.717) is 0 Å². The van der Waals surface area contributed by atoms with Crippen molar-refractivity contribution in [2.75, 3.05) is 0 Å². The Hall–Kier alpha value is -1.32. The lowest BCUT2D eigenvalue weighted by atomic mass is 10.0. The molecule has 0 aliphatic heterocycles. The summed E-state index contributed by atoms with van der Waals surface area (Å²) in [6, 6.07) is 14.2. The molecule has 2 N–H and O–H groups in total. The van der Waals surface area contributed by atoms with Crippen molar-refractivity contribution >= 4 is 15.9 Å². The topological polar surface area (TPSA) is 35.2 Å². The molecule has 0 heterocycles. The molecule has 2 nitrogen and oxygen atoms in total. The van der Waals surface area contributed by atoms with Gasteiger partial charge in [-0.25, -0.2) is 0 Å². The number of benzene rings is 2. The Kier molecular flexibility index (Phi) is 4.84. The second-order valence-electron chi connectivity index (χ2n) is 5.22. The highest BCUT2D eigenvalue weighted by Crippen LogP contribution is 2.29. The van der Waals surface area contributed by atoms with E-state index in [1.54, 1.807) is 0 Å². The smallest absolute Gasteiger partial charge is 0.138 e. The molecule has 0 saturated carbocycles. The lowest BCUT2D eigenvalue weighted by Gasteiger charge is -2.24. The molecule has 106 valence electrons. The van der Waals surface area contributed by atoms with Gasteiger partial charge in [0.15, 0.2) is 0 Å². The first-order valence-corrected chi connectivity index (χ1v) is 7.51. The van der Waals surface area contributed by atoms with Gasteiger partial charge in [0.05, 0.1) is 0 Å². The Morgan fingerprint density at radius 3 is 2.50 bits per heavy atom. The maximum Gasteiger partial charge on any atom is 0.138 e. The SMILES string of the molecule is Cc1cccc(C(Oc2cc(Br)ccc2C)C(C)N)c1. The third-order valence-electron chi connectivity index (χ3n) is 3.25. The number of rotatable bonds is 4. The van der Waals surface area contributed by atoms with Crippen molar-refractivity contribution in [3.05, 3.63) is 63.6 Å². The highest BCUT2D eigenvalue weighted by molar-refractivity contribution is 9.10. The van der Waals surface area contributed by atoms with Crippen molar-refractivity contribution in [2.24, 2.45) is 5.73 Å². The molecule has 0 saturated heterocycles. The third-order valence-corrected chi connectivity index (χ3v) is 3.75. The molecule has 20 heavy (non-hydrogen) atoms. The average Bonchev–Trinajstić information content (AvgIpc) is 2.39. The fourth-order valence-electron chi connectivity index (χ4n) is 2.16. The lowest BCUT2D eigenvalue weighted by molar-refractivity contribution is 0.179. The van der Waals surface area contributed by atoms with E-state index in [4.69, 9.17) is 10.5 Å². The summed E-state index contributed by atoms with van der Waals surface area (Å²) in [5.41, 5.74) is 9.54. The van der Waals surface area contributed by atoms with E-state index >= 15 is 0 Å². The molecule has 3 heteroatoms. The van der Waals surface area contributed by atoms with Crippen molar-refractivity contribution < 1.29 is 4.74 Å². The molecular weight excluding hydrogens is 314 g/mol.